The van der Waals surface area contributed by atoms with Crippen molar-refractivity contribution >= 4 is 41.4 Å². The minimum absolute atomic E-state index is 0.184. The third-order valence-corrected chi connectivity index (χ3v) is 6.28. The van der Waals surface area contributed by atoms with Gasteiger partial charge in [0.2, 0.25) is 0 Å². The number of alkyl halides is 1. The Balaban J connectivity index is 0.000000298. The average Bonchev–Trinajstić information content (AvgIpc) is 2.70. The van der Waals surface area contributed by atoms with Gasteiger partial charge in [0, 0.05) is 12.3 Å². The fraction of sp³-hybridized carbons (Fsp3) is 0.136. The number of hydrogen-bond acceptors (Lipinski definition) is 1. The lowest BCUT2D eigenvalue weighted by Crippen LogP contribution is -2.20. The standard InChI is InChI=1S/C18H15P.C4H7ClO2/c1-4-10-16(11-5-1)19(17-12-6-2-7-13-17)18-14-8-3-9-15-18;5-3-1-2-4(6)7/h1-15H;1-3H2,(H,6,7). The van der Waals surface area contributed by atoms with Crippen molar-refractivity contribution in [1.29, 1.82) is 0 Å². The molecule has 0 bridgehead atoms. The summed E-state index contributed by atoms with van der Waals surface area (Å²) in [5, 5.41) is 12.2. The van der Waals surface area contributed by atoms with Crippen LogP contribution in [0.15, 0.2) is 91.0 Å². The largest absolute Gasteiger partial charge is 0.481 e. The number of benzene rings is 3. The Kier molecular flexibility index (Phi) is 8.89. The highest BCUT2D eigenvalue weighted by Crippen LogP contribution is 2.32. The van der Waals surface area contributed by atoms with Gasteiger partial charge in [-0.15, -0.1) is 11.6 Å². The highest BCUT2D eigenvalue weighted by atomic mass is 35.5. The molecule has 2 nitrogen and oxygen atoms in total. The van der Waals surface area contributed by atoms with Gasteiger partial charge in [0.15, 0.2) is 0 Å². The van der Waals surface area contributed by atoms with Gasteiger partial charge in [0.25, 0.3) is 0 Å². The van der Waals surface area contributed by atoms with Gasteiger partial charge in [-0.2, -0.15) is 0 Å². The van der Waals surface area contributed by atoms with Crippen molar-refractivity contribution in [1.82, 2.24) is 0 Å². The SMILES string of the molecule is O=C(O)CCCCl.c1ccc(P(c2ccccc2)c2ccccc2)cc1. The monoisotopic (exact) mass is 384 g/mol. The molecule has 1 N–H and O–H groups in total. The van der Waals surface area contributed by atoms with Crippen molar-refractivity contribution in [2.75, 3.05) is 5.88 Å². The number of rotatable bonds is 6. The minimum atomic E-state index is -0.777. The minimum Gasteiger partial charge on any atom is -0.481 e. The van der Waals surface area contributed by atoms with Gasteiger partial charge in [-0.1, -0.05) is 91.0 Å². The predicted molar refractivity (Wildman–Crippen MR) is 113 cm³/mol. The second-order valence-electron chi connectivity index (χ2n) is 5.53. The molecule has 0 aliphatic heterocycles. The van der Waals surface area contributed by atoms with Crippen molar-refractivity contribution in [3.63, 3.8) is 0 Å². The number of carbonyl (C=O) groups is 1. The lowest BCUT2D eigenvalue weighted by molar-refractivity contribution is -0.137. The van der Waals surface area contributed by atoms with E-state index >= 15 is 0 Å². The van der Waals surface area contributed by atoms with Crippen LogP contribution in [-0.2, 0) is 4.79 Å². The van der Waals surface area contributed by atoms with Crippen molar-refractivity contribution in [2.24, 2.45) is 0 Å². The van der Waals surface area contributed by atoms with Crippen LogP contribution in [0.3, 0.4) is 0 Å². The van der Waals surface area contributed by atoms with E-state index in [-0.39, 0.29) is 6.42 Å². The van der Waals surface area contributed by atoms with Crippen molar-refractivity contribution in [3.05, 3.63) is 91.0 Å². The zero-order chi connectivity index (χ0) is 18.6. The lowest BCUT2D eigenvalue weighted by Gasteiger charge is -2.18. The number of halogens is 1. The topological polar surface area (TPSA) is 37.3 Å². The summed E-state index contributed by atoms with van der Waals surface area (Å²) in [4.78, 5) is 9.70. The first-order valence-corrected chi connectivity index (χ1v) is 10.3. The molecule has 0 saturated carbocycles. The third kappa shape index (κ3) is 6.63. The molecule has 0 aliphatic rings. The highest BCUT2D eigenvalue weighted by Gasteiger charge is 2.14. The Hall–Kier alpha value is -2.15. The van der Waals surface area contributed by atoms with Crippen LogP contribution in [-0.4, -0.2) is 17.0 Å². The van der Waals surface area contributed by atoms with E-state index in [4.69, 9.17) is 16.7 Å². The summed E-state index contributed by atoms with van der Waals surface area (Å²) < 4.78 is 0. The van der Waals surface area contributed by atoms with Gasteiger partial charge in [-0.25, -0.2) is 0 Å². The summed E-state index contributed by atoms with van der Waals surface area (Å²) >= 11 is 5.18. The molecule has 3 aromatic carbocycles. The van der Waals surface area contributed by atoms with Crippen LogP contribution in [0.1, 0.15) is 12.8 Å². The summed E-state index contributed by atoms with van der Waals surface area (Å²) in [5.74, 6) is -0.340. The van der Waals surface area contributed by atoms with E-state index < -0.39 is 13.9 Å². The maximum Gasteiger partial charge on any atom is 0.303 e. The van der Waals surface area contributed by atoms with Crippen LogP contribution in [0.4, 0.5) is 0 Å². The van der Waals surface area contributed by atoms with Crippen LogP contribution >= 0.6 is 19.5 Å². The molecule has 0 aromatic heterocycles. The zero-order valence-corrected chi connectivity index (χ0v) is 16.1. The fourth-order valence-electron chi connectivity index (χ4n) is 2.40. The maximum absolute atomic E-state index is 9.70. The smallest absolute Gasteiger partial charge is 0.303 e. The molecule has 3 rings (SSSR count). The Labute approximate surface area is 161 Å². The lowest BCUT2D eigenvalue weighted by atomic mass is 10.3. The summed E-state index contributed by atoms with van der Waals surface area (Å²) in [6.07, 6.45) is 0.750. The highest BCUT2D eigenvalue weighted by molar-refractivity contribution is 7.79. The number of hydrogen-bond donors (Lipinski definition) is 1. The first-order chi connectivity index (χ1) is 12.7. The van der Waals surface area contributed by atoms with Crippen LogP contribution in [0.2, 0.25) is 0 Å². The Morgan fingerprint density at radius 3 is 1.31 bits per heavy atom. The van der Waals surface area contributed by atoms with Gasteiger partial charge in [0.1, 0.15) is 0 Å². The van der Waals surface area contributed by atoms with E-state index in [1.807, 2.05) is 0 Å². The van der Waals surface area contributed by atoms with Crippen molar-refractivity contribution in [2.45, 2.75) is 12.8 Å². The first-order valence-electron chi connectivity index (χ1n) is 8.45. The normalized spacial score (nSPS) is 10.1. The molecule has 0 radical (unpaired) electrons. The Morgan fingerprint density at radius 2 is 1.08 bits per heavy atom. The zero-order valence-electron chi connectivity index (χ0n) is 14.5. The molecule has 26 heavy (non-hydrogen) atoms. The van der Waals surface area contributed by atoms with Crippen molar-refractivity contribution in [3.8, 4) is 0 Å². The van der Waals surface area contributed by atoms with Crippen LogP contribution < -0.4 is 15.9 Å². The molecule has 0 heterocycles. The molecule has 0 spiro atoms. The average molecular weight is 385 g/mol. The maximum atomic E-state index is 9.70. The third-order valence-electron chi connectivity index (χ3n) is 3.57. The fourth-order valence-corrected chi connectivity index (χ4v) is 4.84. The molecular formula is C22H22ClO2P. The molecule has 134 valence electrons. The molecule has 0 atom stereocenters. The number of carboxylic acid groups (broad SMARTS) is 1. The quantitative estimate of drug-likeness (QED) is 0.500. The Bertz CT molecular complexity index is 670. The van der Waals surface area contributed by atoms with Gasteiger partial charge in [0.05, 0.1) is 0 Å². The van der Waals surface area contributed by atoms with Gasteiger partial charge in [-0.05, 0) is 30.3 Å². The predicted octanol–water partition coefficient (Wildman–Crippen LogP) is 4.53. The number of carboxylic acids is 1. The summed E-state index contributed by atoms with van der Waals surface area (Å²) in [5.41, 5.74) is 0. The Morgan fingerprint density at radius 1 is 0.731 bits per heavy atom. The molecule has 0 fully saturated rings. The molecular weight excluding hydrogens is 363 g/mol. The summed E-state index contributed by atoms with van der Waals surface area (Å²) in [6.45, 7) is 0. The van der Waals surface area contributed by atoms with Gasteiger partial charge < -0.3 is 5.11 Å². The van der Waals surface area contributed by atoms with E-state index in [9.17, 15) is 4.79 Å². The van der Waals surface area contributed by atoms with Gasteiger partial charge in [-0.3, -0.25) is 4.79 Å². The molecule has 0 saturated heterocycles. The van der Waals surface area contributed by atoms with E-state index in [1.54, 1.807) is 0 Å². The molecule has 0 amide bonds. The molecule has 0 unspecified atom stereocenters. The molecule has 3 aromatic rings. The van der Waals surface area contributed by atoms with E-state index in [0.29, 0.717) is 12.3 Å². The van der Waals surface area contributed by atoms with E-state index in [1.165, 1.54) is 15.9 Å². The molecule has 0 aliphatic carbocycles. The summed E-state index contributed by atoms with van der Waals surface area (Å²) in [6, 6.07) is 32.3. The van der Waals surface area contributed by atoms with E-state index in [2.05, 4.69) is 91.0 Å². The number of aliphatic carboxylic acids is 1. The van der Waals surface area contributed by atoms with Crippen molar-refractivity contribution < 1.29 is 9.90 Å². The second kappa shape index (κ2) is 11.5. The van der Waals surface area contributed by atoms with Gasteiger partial charge >= 0.3 is 5.97 Å². The first kappa shape index (κ1) is 20.2. The van der Waals surface area contributed by atoms with Crippen LogP contribution in [0.5, 0.6) is 0 Å². The van der Waals surface area contributed by atoms with E-state index in [0.717, 1.165) is 0 Å². The summed E-state index contributed by atoms with van der Waals surface area (Å²) in [7, 11) is -0.446. The second-order valence-corrected chi connectivity index (χ2v) is 8.13. The van der Waals surface area contributed by atoms with Crippen LogP contribution in [0.25, 0.3) is 0 Å². The molecule has 4 heteroatoms. The van der Waals surface area contributed by atoms with Crippen LogP contribution in [0, 0.1) is 0 Å².